The third-order valence-corrected chi connectivity index (χ3v) is 5.89. The lowest BCUT2D eigenvalue weighted by Crippen LogP contribution is -2.32. The predicted molar refractivity (Wildman–Crippen MR) is 150 cm³/mol. The largest absolute Gasteiger partial charge is 0.455 e. The van der Waals surface area contributed by atoms with Crippen LogP contribution in [0.3, 0.4) is 0 Å². The Hall–Kier alpha value is -4.43. The van der Waals surface area contributed by atoms with E-state index in [4.69, 9.17) is 4.42 Å². The number of rotatable bonds is 8. The van der Waals surface area contributed by atoms with Gasteiger partial charge in [0.15, 0.2) is 0 Å². The molecule has 186 valence electrons. The summed E-state index contributed by atoms with van der Waals surface area (Å²) in [7, 11) is 3.89. The summed E-state index contributed by atoms with van der Waals surface area (Å²) >= 11 is 3.42. The highest BCUT2D eigenvalue weighted by Gasteiger charge is 2.14. The molecular formula is C29H25BrN4O3. The summed E-state index contributed by atoms with van der Waals surface area (Å²) in [4.78, 5) is 27.7. The Bertz CT molecular complexity index is 1420. The van der Waals surface area contributed by atoms with Gasteiger partial charge in [-0.2, -0.15) is 5.10 Å². The summed E-state index contributed by atoms with van der Waals surface area (Å²) in [6, 6.07) is 27.6. The van der Waals surface area contributed by atoms with Crippen molar-refractivity contribution in [2.24, 2.45) is 5.10 Å². The third kappa shape index (κ3) is 7.05. The molecule has 0 saturated heterocycles. The lowest BCUT2D eigenvalue weighted by atomic mass is 10.1. The van der Waals surface area contributed by atoms with Gasteiger partial charge in [0, 0.05) is 35.4 Å². The van der Waals surface area contributed by atoms with E-state index in [1.54, 1.807) is 36.4 Å². The third-order valence-electron chi connectivity index (χ3n) is 5.36. The molecule has 2 amide bonds. The van der Waals surface area contributed by atoms with Crippen molar-refractivity contribution in [1.29, 1.82) is 0 Å². The van der Waals surface area contributed by atoms with Crippen molar-refractivity contribution < 1.29 is 14.0 Å². The number of benzene rings is 3. The average Bonchev–Trinajstić information content (AvgIpc) is 3.38. The van der Waals surface area contributed by atoms with Crippen LogP contribution in [0, 0.1) is 0 Å². The van der Waals surface area contributed by atoms with Gasteiger partial charge in [-0.1, -0.05) is 58.4 Å². The van der Waals surface area contributed by atoms with Gasteiger partial charge in [0.1, 0.15) is 17.2 Å². The second-order valence-electron chi connectivity index (χ2n) is 8.27. The van der Waals surface area contributed by atoms with Crippen LogP contribution in [0.1, 0.15) is 21.7 Å². The standard InChI is InChI=1S/C29H25BrN4O3/c1-34(2)24-14-8-20(9-15-24)18-26(32-28(35)22-6-4-3-5-7-22)29(36)33-31-19-25-16-17-27(37-25)21-10-12-23(30)13-11-21/h3-19H,1-2H3,(H,32,35)(H,33,36)/b26-18-,31-19+. The number of halogens is 1. The van der Waals surface area contributed by atoms with Crippen molar-refractivity contribution in [3.8, 4) is 11.3 Å². The number of anilines is 1. The number of hydrogen-bond donors (Lipinski definition) is 2. The molecule has 0 saturated carbocycles. The zero-order chi connectivity index (χ0) is 26.2. The second-order valence-corrected chi connectivity index (χ2v) is 9.19. The van der Waals surface area contributed by atoms with Gasteiger partial charge in [-0.3, -0.25) is 9.59 Å². The molecule has 0 spiro atoms. The Labute approximate surface area is 223 Å². The molecule has 0 radical (unpaired) electrons. The average molecular weight is 557 g/mol. The van der Waals surface area contributed by atoms with Gasteiger partial charge in [0.2, 0.25) is 0 Å². The summed E-state index contributed by atoms with van der Waals surface area (Å²) in [6.45, 7) is 0. The number of carbonyl (C=O) groups is 2. The maximum atomic E-state index is 13.0. The summed E-state index contributed by atoms with van der Waals surface area (Å²) in [5, 5.41) is 6.71. The summed E-state index contributed by atoms with van der Waals surface area (Å²) in [5.74, 6) is 0.173. The lowest BCUT2D eigenvalue weighted by Gasteiger charge is -2.12. The van der Waals surface area contributed by atoms with Gasteiger partial charge in [-0.15, -0.1) is 0 Å². The Balaban J connectivity index is 1.50. The van der Waals surface area contributed by atoms with Crippen molar-refractivity contribution in [3.05, 3.63) is 118 Å². The molecule has 0 unspecified atom stereocenters. The second kappa shape index (κ2) is 12.0. The van der Waals surface area contributed by atoms with Crippen molar-refractivity contribution in [2.45, 2.75) is 0 Å². The fourth-order valence-corrected chi connectivity index (χ4v) is 3.65. The van der Waals surface area contributed by atoms with E-state index in [-0.39, 0.29) is 5.70 Å². The predicted octanol–water partition coefficient (Wildman–Crippen LogP) is 5.70. The minimum absolute atomic E-state index is 0.0543. The Morgan fingerprint density at radius 3 is 2.27 bits per heavy atom. The first kappa shape index (κ1) is 25.7. The molecular weight excluding hydrogens is 532 g/mol. The monoisotopic (exact) mass is 556 g/mol. The van der Waals surface area contributed by atoms with Crippen LogP contribution >= 0.6 is 15.9 Å². The number of carbonyl (C=O) groups excluding carboxylic acids is 2. The quantitative estimate of drug-likeness (QED) is 0.166. The van der Waals surface area contributed by atoms with Gasteiger partial charge in [-0.05, 0) is 60.2 Å². The minimum atomic E-state index is -0.572. The molecule has 3 aromatic carbocycles. The van der Waals surface area contributed by atoms with E-state index in [1.807, 2.05) is 79.7 Å². The Kier molecular flexibility index (Phi) is 8.33. The molecule has 0 fully saturated rings. The number of hydrogen-bond acceptors (Lipinski definition) is 5. The minimum Gasteiger partial charge on any atom is -0.455 e. The Morgan fingerprint density at radius 2 is 1.59 bits per heavy atom. The smallest absolute Gasteiger partial charge is 0.287 e. The molecule has 1 aromatic heterocycles. The molecule has 7 nitrogen and oxygen atoms in total. The van der Waals surface area contributed by atoms with E-state index >= 15 is 0 Å². The molecule has 0 bridgehead atoms. The summed E-state index contributed by atoms with van der Waals surface area (Å²) < 4.78 is 6.77. The summed E-state index contributed by atoms with van der Waals surface area (Å²) in [5.41, 5.74) is 5.64. The molecule has 0 aliphatic heterocycles. The van der Waals surface area contributed by atoms with Gasteiger partial charge < -0.3 is 14.6 Å². The number of hydrazone groups is 1. The van der Waals surface area contributed by atoms with Crippen LogP contribution in [-0.4, -0.2) is 32.1 Å². The highest BCUT2D eigenvalue weighted by atomic mass is 79.9. The molecule has 2 N–H and O–H groups in total. The van der Waals surface area contributed by atoms with Crippen LogP contribution in [0.25, 0.3) is 17.4 Å². The maximum Gasteiger partial charge on any atom is 0.287 e. The van der Waals surface area contributed by atoms with Crippen molar-refractivity contribution in [1.82, 2.24) is 10.7 Å². The Morgan fingerprint density at radius 1 is 0.892 bits per heavy atom. The van der Waals surface area contributed by atoms with Crippen molar-refractivity contribution in [3.63, 3.8) is 0 Å². The lowest BCUT2D eigenvalue weighted by molar-refractivity contribution is -0.117. The molecule has 37 heavy (non-hydrogen) atoms. The first-order chi connectivity index (χ1) is 17.9. The van der Waals surface area contributed by atoms with E-state index in [0.717, 1.165) is 21.3 Å². The maximum absolute atomic E-state index is 13.0. The van der Waals surface area contributed by atoms with Crippen LogP contribution < -0.4 is 15.6 Å². The number of nitrogens with zero attached hydrogens (tertiary/aromatic N) is 2. The molecule has 0 atom stereocenters. The molecule has 4 aromatic rings. The molecule has 1 heterocycles. The van der Waals surface area contributed by atoms with E-state index in [2.05, 4.69) is 31.8 Å². The van der Waals surface area contributed by atoms with Crippen molar-refractivity contribution >= 4 is 45.7 Å². The zero-order valence-corrected chi connectivity index (χ0v) is 21.9. The highest BCUT2D eigenvalue weighted by Crippen LogP contribution is 2.23. The topological polar surface area (TPSA) is 86.9 Å². The molecule has 0 aliphatic rings. The number of amides is 2. The van der Waals surface area contributed by atoms with Crippen LogP contribution in [0.4, 0.5) is 5.69 Å². The fraction of sp³-hybridized carbons (Fsp3) is 0.0690. The van der Waals surface area contributed by atoms with E-state index < -0.39 is 11.8 Å². The normalized spacial score (nSPS) is 11.4. The molecule has 4 rings (SSSR count). The highest BCUT2D eigenvalue weighted by molar-refractivity contribution is 9.10. The first-order valence-electron chi connectivity index (χ1n) is 11.4. The number of nitrogens with one attached hydrogen (secondary N) is 2. The van der Waals surface area contributed by atoms with Gasteiger partial charge in [0.05, 0.1) is 6.21 Å². The number of furan rings is 1. The van der Waals surface area contributed by atoms with Gasteiger partial charge in [0.25, 0.3) is 11.8 Å². The summed E-state index contributed by atoms with van der Waals surface area (Å²) in [6.07, 6.45) is 3.01. The van der Waals surface area contributed by atoms with Crippen molar-refractivity contribution in [2.75, 3.05) is 19.0 Å². The van der Waals surface area contributed by atoms with E-state index in [9.17, 15) is 9.59 Å². The van der Waals surface area contributed by atoms with Crippen LogP contribution in [0.5, 0.6) is 0 Å². The SMILES string of the molecule is CN(C)c1ccc(/C=C(\NC(=O)c2ccccc2)C(=O)N/N=C/c2ccc(-c3ccc(Br)cc3)o2)cc1. The van der Waals surface area contributed by atoms with E-state index in [1.165, 1.54) is 6.21 Å². The fourth-order valence-electron chi connectivity index (χ4n) is 3.38. The molecule has 0 aliphatic carbocycles. The van der Waals surface area contributed by atoms with E-state index in [0.29, 0.717) is 17.1 Å². The van der Waals surface area contributed by atoms with Crippen LogP contribution in [0.15, 0.2) is 111 Å². The van der Waals surface area contributed by atoms with Crippen LogP contribution in [0.2, 0.25) is 0 Å². The van der Waals surface area contributed by atoms with Crippen LogP contribution in [-0.2, 0) is 4.79 Å². The first-order valence-corrected chi connectivity index (χ1v) is 12.2. The van der Waals surface area contributed by atoms with Gasteiger partial charge >= 0.3 is 0 Å². The zero-order valence-electron chi connectivity index (χ0n) is 20.3. The van der Waals surface area contributed by atoms with Gasteiger partial charge in [-0.25, -0.2) is 5.43 Å². The molecule has 8 heteroatoms.